The molecule has 0 aliphatic heterocycles. The van der Waals surface area contributed by atoms with E-state index >= 15 is 0 Å². The summed E-state index contributed by atoms with van der Waals surface area (Å²) < 4.78 is 4.38. The number of hydrogen-bond acceptors (Lipinski definition) is 3. The minimum absolute atomic E-state index is 0.0866. The summed E-state index contributed by atoms with van der Waals surface area (Å²) in [5, 5.41) is 12.0. The van der Waals surface area contributed by atoms with Crippen molar-refractivity contribution in [1.82, 2.24) is 14.7 Å². The van der Waals surface area contributed by atoms with E-state index in [4.69, 9.17) is 16.9 Å². The van der Waals surface area contributed by atoms with E-state index in [-0.39, 0.29) is 6.54 Å². The van der Waals surface area contributed by atoms with E-state index in [1.807, 2.05) is 50.5 Å². The maximum Gasteiger partial charge on any atom is 0.317 e. The standard InChI is InChI=1S/C19H26N3O2PS/c1-21(14-17-9-5-3-6-10-17)25(26,16-20-13-19(23)24)22(2)15-18-11-7-4-8-12-18/h3-12,20H,13-16H2,1-2H3,(H,23,24). The Morgan fingerprint density at radius 2 is 1.38 bits per heavy atom. The lowest BCUT2D eigenvalue weighted by Crippen LogP contribution is -2.34. The normalized spacial score (nSPS) is 11.8. The van der Waals surface area contributed by atoms with Crippen molar-refractivity contribution >= 4 is 24.1 Å². The van der Waals surface area contributed by atoms with Crippen LogP contribution < -0.4 is 5.32 Å². The monoisotopic (exact) mass is 391 g/mol. The van der Waals surface area contributed by atoms with Crippen LogP contribution in [-0.4, -0.2) is 47.3 Å². The number of aliphatic carboxylic acids is 1. The smallest absolute Gasteiger partial charge is 0.317 e. The van der Waals surface area contributed by atoms with Gasteiger partial charge in [-0.25, -0.2) is 0 Å². The van der Waals surface area contributed by atoms with E-state index in [9.17, 15) is 4.79 Å². The highest BCUT2D eigenvalue weighted by Gasteiger charge is 2.28. The van der Waals surface area contributed by atoms with Gasteiger partial charge in [-0.15, -0.1) is 0 Å². The summed E-state index contributed by atoms with van der Waals surface area (Å²) in [6, 6.07) is 20.4. The first kappa shape index (κ1) is 20.7. The van der Waals surface area contributed by atoms with Crippen molar-refractivity contribution in [2.24, 2.45) is 0 Å². The van der Waals surface area contributed by atoms with Gasteiger partial charge in [0.2, 0.25) is 0 Å². The van der Waals surface area contributed by atoms with Gasteiger partial charge in [0.25, 0.3) is 0 Å². The van der Waals surface area contributed by atoms with Gasteiger partial charge in [0, 0.05) is 13.1 Å². The Morgan fingerprint density at radius 3 is 1.77 bits per heavy atom. The van der Waals surface area contributed by atoms with Crippen molar-refractivity contribution in [3.63, 3.8) is 0 Å². The van der Waals surface area contributed by atoms with Gasteiger partial charge in [-0.1, -0.05) is 72.5 Å². The van der Waals surface area contributed by atoms with Crippen LogP contribution in [0.2, 0.25) is 0 Å². The van der Waals surface area contributed by atoms with Crippen LogP contribution in [0, 0.1) is 0 Å². The molecule has 0 atom stereocenters. The highest BCUT2D eigenvalue weighted by Crippen LogP contribution is 2.52. The van der Waals surface area contributed by atoms with Crippen LogP contribution in [-0.2, 0) is 29.7 Å². The van der Waals surface area contributed by atoms with Gasteiger partial charge in [0.15, 0.2) is 0 Å². The second kappa shape index (κ2) is 9.95. The Balaban J connectivity index is 2.16. The van der Waals surface area contributed by atoms with Crippen LogP contribution in [0.1, 0.15) is 11.1 Å². The van der Waals surface area contributed by atoms with Gasteiger partial charge in [0.05, 0.1) is 19.2 Å². The maximum absolute atomic E-state index is 10.9. The predicted molar refractivity (Wildman–Crippen MR) is 111 cm³/mol. The molecule has 0 amide bonds. The molecule has 7 heteroatoms. The van der Waals surface area contributed by atoms with Crippen LogP contribution in [0.5, 0.6) is 0 Å². The van der Waals surface area contributed by atoms with Gasteiger partial charge >= 0.3 is 5.97 Å². The molecular weight excluding hydrogens is 365 g/mol. The van der Waals surface area contributed by atoms with Gasteiger partial charge < -0.3 is 5.11 Å². The third-order valence-corrected chi connectivity index (χ3v) is 9.28. The first-order valence-electron chi connectivity index (χ1n) is 8.44. The molecule has 0 heterocycles. The van der Waals surface area contributed by atoms with Crippen molar-refractivity contribution in [2.75, 3.05) is 26.9 Å². The molecule has 0 fully saturated rings. The number of benzene rings is 2. The molecule has 2 rings (SSSR count). The van der Waals surface area contributed by atoms with Crippen molar-refractivity contribution in [3.8, 4) is 0 Å². The first-order valence-corrected chi connectivity index (χ1v) is 11.3. The Kier molecular flexibility index (Phi) is 7.94. The molecule has 2 aromatic carbocycles. The topological polar surface area (TPSA) is 55.8 Å². The van der Waals surface area contributed by atoms with E-state index in [2.05, 4.69) is 38.9 Å². The van der Waals surface area contributed by atoms with Gasteiger partial charge in [-0.2, -0.15) is 0 Å². The Morgan fingerprint density at radius 1 is 0.962 bits per heavy atom. The molecule has 0 aliphatic carbocycles. The van der Waals surface area contributed by atoms with Crippen LogP contribution in [0.3, 0.4) is 0 Å². The summed E-state index contributed by atoms with van der Waals surface area (Å²) in [7, 11) is 4.05. The molecule has 0 unspecified atom stereocenters. The summed E-state index contributed by atoms with van der Waals surface area (Å²) >= 11 is 6.11. The zero-order valence-corrected chi connectivity index (χ0v) is 16.9. The van der Waals surface area contributed by atoms with Crippen LogP contribution in [0.4, 0.5) is 0 Å². The predicted octanol–water partition coefficient (Wildman–Crippen LogP) is 3.19. The summed E-state index contributed by atoms with van der Waals surface area (Å²) in [6.07, 6.45) is -1.69. The molecule has 0 radical (unpaired) electrons. The van der Waals surface area contributed by atoms with Gasteiger partial charge in [0.1, 0.15) is 0 Å². The number of hydrogen-bond donors (Lipinski definition) is 2. The van der Waals surface area contributed by atoms with E-state index in [1.54, 1.807) is 0 Å². The minimum atomic E-state index is -2.16. The Hall–Kier alpha value is -1.56. The molecular formula is C19H26N3O2PS. The fraction of sp³-hybridized carbons (Fsp3) is 0.316. The number of carboxylic acids is 1. The lowest BCUT2D eigenvalue weighted by molar-refractivity contribution is -0.135. The lowest BCUT2D eigenvalue weighted by atomic mass is 10.2. The molecule has 2 N–H and O–H groups in total. The molecule has 5 nitrogen and oxygen atoms in total. The third-order valence-electron chi connectivity index (χ3n) is 4.17. The number of carbonyl (C=O) groups is 1. The van der Waals surface area contributed by atoms with Crippen LogP contribution in [0.15, 0.2) is 60.7 Å². The summed E-state index contributed by atoms with van der Waals surface area (Å²) in [5.41, 5.74) is 2.38. The number of rotatable bonds is 10. The Bertz CT molecular complexity index is 691. The molecule has 26 heavy (non-hydrogen) atoms. The van der Waals surface area contributed by atoms with Gasteiger partial charge in [-0.3, -0.25) is 19.5 Å². The molecule has 0 saturated heterocycles. The zero-order valence-electron chi connectivity index (χ0n) is 15.2. The summed E-state index contributed by atoms with van der Waals surface area (Å²) in [6.45, 7) is 1.37. The van der Waals surface area contributed by atoms with Crippen molar-refractivity contribution in [1.29, 1.82) is 0 Å². The second-order valence-corrected chi connectivity index (χ2v) is 11.0. The van der Waals surface area contributed by atoms with Crippen LogP contribution >= 0.6 is 6.34 Å². The molecule has 0 aromatic heterocycles. The zero-order chi connectivity index (χ0) is 19.0. The van der Waals surface area contributed by atoms with Crippen molar-refractivity contribution in [3.05, 3.63) is 71.8 Å². The maximum atomic E-state index is 10.9. The quantitative estimate of drug-likeness (QED) is 0.607. The van der Waals surface area contributed by atoms with Crippen LogP contribution in [0.25, 0.3) is 0 Å². The fourth-order valence-corrected chi connectivity index (χ4v) is 5.52. The number of nitrogens with one attached hydrogen (secondary N) is 1. The largest absolute Gasteiger partial charge is 0.480 e. The molecule has 140 valence electrons. The average Bonchev–Trinajstić information content (AvgIpc) is 2.62. The lowest BCUT2D eigenvalue weighted by Gasteiger charge is -2.39. The number of nitrogens with zero attached hydrogens (tertiary/aromatic N) is 2. The SMILES string of the molecule is CN(Cc1ccccc1)P(=S)(CNCC(=O)O)N(C)Cc1ccccc1. The molecule has 0 bridgehead atoms. The summed E-state index contributed by atoms with van der Waals surface area (Å²) in [5.74, 6) is -0.872. The molecule has 0 saturated carbocycles. The highest BCUT2D eigenvalue weighted by atomic mass is 32.4. The van der Waals surface area contributed by atoms with E-state index in [1.165, 1.54) is 11.1 Å². The van der Waals surface area contributed by atoms with E-state index in [0.717, 1.165) is 13.1 Å². The Labute approximate surface area is 160 Å². The second-order valence-electron chi connectivity index (χ2n) is 6.25. The summed E-state index contributed by atoms with van der Waals surface area (Å²) in [4.78, 5) is 10.9. The highest BCUT2D eigenvalue weighted by molar-refractivity contribution is 8.12. The van der Waals surface area contributed by atoms with Crippen molar-refractivity contribution < 1.29 is 9.90 Å². The van der Waals surface area contributed by atoms with Gasteiger partial charge in [-0.05, 0) is 25.2 Å². The fourth-order valence-electron chi connectivity index (χ4n) is 2.73. The minimum Gasteiger partial charge on any atom is -0.480 e. The molecule has 0 spiro atoms. The third kappa shape index (κ3) is 6.01. The van der Waals surface area contributed by atoms with E-state index < -0.39 is 12.3 Å². The molecule has 2 aromatic rings. The first-order chi connectivity index (χ1) is 12.4. The average molecular weight is 391 g/mol. The van der Waals surface area contributed by atoms with Crippen molar-refractivity contribution in [2.45, 2.75) is 13.1 Å². The molecule has 0 aliphatic rings. The number of carboxylic acid groups (broad SMARTS) is 1. The van der Waals surface area contributed by atoms with E-state index in [0.29, 0.717) is 6.29 Å².